The third kappa shape index (κ3) is 1.69. The summed E-state index contributed by atoms with van der Waals surface area (Å²) in [4.78, 5) is 0. The molecule has 94 valence electrons. The molecule has 6 nitrogen and oxygen atoms in total. The van der Waals surface area contributed by atoms with E-state index in [-0.39, 0.29) is 17.3 Å². The fourth-order valence-corrected chi connectivity index (χ4v) is 1.41. The van der Waals surface area contributed by atoms with Crippen LogP contribution >= 0.6 is 0 Å². The van der Waals surface area contributed by atoms with E-state index >= 15 is 0 Å². The quantitative estimate of drug-likeness (QED) is 0.493. The first kappa shape index (κ1) is 11.7. The summed E-state index contributed by atoms with van der Waals surface area (Å²) < 4.78 is 10.1. The van der Waals surface area contributed by atoms with Gasteiger partial charge in [0.1, 0.15) is 0 Å². The van der Waals surface area contributed by atoms with Gasteiger partial charge in [-0.1, -0.05) is 12.7 Å². The van der Waals surface area contributed by atoms with Crippen LogP contribution < -0.4 is 4.74 Å². The Hall–Kier alpha value is -2.76. The molecule has 0 unspecified atom stereocenters. The van der Waals surface area contributed by atoms with Crippen molar-refractivity contribution in [2.45, 2.75) is 0 Å². The Morgan fingerprint density at radius 3 is 2.28 bits per heavy atom. The zero-order chi connectivity index (χ0) is 13.3. The summed E-state index contributed by atoms with van der Waals surface area (Å²) in [5, 5.41) is 38.1. The van der Waals surface area contributed by atoms with Crippen LogP contribution in [0, 0.1) is 0 Å². The highest BCUT2D eigenvalue weighted by molar-refractivity contribution is 5.76. The summed E-state index contributed by atoms with van der Waals surface area (Å²) in [6.45, 7) is 3.42. The van der Waals surface area contributed by atoms with Gasteiger partial charge in [0.05, 0.1) is 11.8 Å². The number of ether oxygens (including phenoxy) is 1. The zero-order valence-corrected chi connectivity index (χ0v) is 9.12. The molecule has 1 aromatic carbocycles. The van der Waals surface area contributed by atoms with Gasteiger partial charge in [0.2, 0.25) is 17.2 Å². The van der Waals surface area contributed by atoms with Crippen LogP contribution in [-0.2, 0) is 0 Å². The third-order valence-electron chi connectivity index (χ3n) is 2.29. The number of phenolic OH excluding ortho intramolecular Hbond substituents is 4. The van der Waals surface area contributed by atoms with Gasteiger partial charge in [-0.25, -0.2) is 0 Å². The Morgan fingerprint density at radius 2 is 1.72 bits per heavy atom. The fourth-order valence-electron chi connectivity index (χ4n) is 1.41. The van der Waals surface area contributed by atoms with E-state index in [4.69, 9.17) is 9.15 Å². The molecule has 2 aromatic rings. The molecule has 0 radical (unpaired) electrons. The molecule has 0 fully saturated rings. The topological polar surface area (TPSA) is 103 Å². The first-order valence-corrected chi connectivity index (χ1v) is 4.89. The van der Waals surface area contributed by atoms with Gasteiger partial charge in [0, 0.05) is 6.07 Å². The van der Waals surface area contributed by atoms with Gasteiger partial charge in [-0.3, -0.25) is 0 Å². The van der Waals surface area contributed by atoms with Gasteiger partial charge in [-0.05, 0) is 6.07 Å². The highest BCUT2D eigenvalue weighted by Gasteiger charge is 2.24. The molecule has 2 rings (SSSR count). The van der Waals surface area contributed by atoms with Crippen molar-refractivity contribution in [3.05, 3.63) is 30.5 Å². The highest BCUT2D eigenvalue weighted by Crippen LogP contribution is 2.52. The van der Waals surface area contributed by atoms with Crippen LogP contribution in [0.2, 0.25) is 0 Å². The molecule has 18 heavy (non-hydrogen) atoms. The van der Waals surface area contributed by atoms with E-state index in [0.717, 1.165) is 6.08 Å². The predicted molar refractivity (Wildman–Crippen MR) is 62.0 cm³/mol. The van der Waals surface area contributed by atoms with Crippen molar-refractivity contribution in [1.82, 2.24) is 0 Å². The molecule has 0 spiro atoms. The Kier molecular flexibility index (Phi) is 2.77. The van der Waals surface area contributed by atoms with Crippen LogP contribution in [0.5, 0.6) is 34.7 Å². The minimum Gasteiger partial charge on any atom is -0.504 e. The number of rotatable bonds is 3. The van der Waals surface area contributed by atoms with E-state index in [1.165, 1.54) is 12.3 Å². The maximum atomic E-state index is 9.68. The molecule has 0 aliphatic heterocycles. The normalized spacial score (nSPS) is 10.2. The molecular weight excluding hydrogens is 240 g/mol. The lowest BCUT2D eigenvalue weighted by atomic mass is 10.1. The van der Waals surface area contributed by atoms with Gasteiger partial charge in [0.15, 0.2) is 11.5 Å². The third-order valence-corrected chi connectivity index (χ3v) is 2.29. The molecule has 4 N–H and O–H groups in total. The van der Waals surface area contributed by atoms with Gasteiger partial charge in [-0.2, -0.15) is 0 Å². The fraction of sp³-hybridized carbons (Fsp3) is 0. The molecule has 0 saturated heterocycles. The summed E-state index contributed by atoms with van der Waals surface area (Å²) in [5.74, 6) is -3.35. The van der Waals surface area contributed by atoms with Crippen molar-refractivity contribution in [3.63, 3.8) is 0 Å². The summed E-state index contributed by atoms with van der Waals surface area (Å²) in [7, 11) is 0. The van der Waals surface area contributed by atoms with E-state index in [1.807, 2.05) is 0 Å². The van der Waals surface area contributed by atoms with Gasteiger partial charge in [0.25, 0.3) is 5.95 Å². The predicted octanol–water partition coefficient (Wildman–Crippen LogP) is 2.54. The SMILES string of the molecule is C=Cc1c(O)c(O)c(O)c(O)c1Oc1ccco1. The Morgan fingerprint density at radius 1 is 1.06 bits per heavy atom. The van der Waals surface area contributed by atoms with Crippen LogP contribution in [0.1, 0.15) is 5.56 Å². The Labute approximate surface area is 102 Å². The largest absolute Gasteiger partial charge is 0.504 e. The first-order chi connectivity index (χ1) is 8.56. The highest BCUT2D eigenvalue weighted by atomic mass is 16.6. The Bertz CT molecular complexity index is 585. The number of benzene rings is 1. The number of phenols is 4. The van der Waals surface area contributed by atoms with Crippen LogP contribution in [-0.4, -0.2) is 20.4 Å². The Balaban J connectivity index is 2.61. The molecule has 6 heteroatoms. The second kappa shape index (κ2) is 4.25. The molecule has 0 saturated carbocycles. The van der Waals surface area contributed by atoms with E-state index in [2.05, 4.69) is 6.58 Å². The number of furan rings is 1. The van der Waals surface area contributed by atoms with Crippen LogP contribution in [0.25, 0.3) is 6.08 Å². The summed E-state index contributed by atoms with van der Waals surface area (Å²) in [6.07, 6.45) is 2.51. The van der Waals surface area contributed by atoms with Gasteiger partial charge in [-0.15, -0.1) is 0 Å². The lowest BCUT2D eigenvalue weighted by molar-refractivity contribution is 0.305. The minimum atomic E-state index is -0.889. The minimum absolute atomic E-state index is 0.0397. The number of aromatic hydroxyl groups is 4. The molecule has 1 aromatic heterocycles. The van der Waals surface area contributed by atoms with Crippen molar-refractivity contribution < 1.29 is 29.6 Å². The summed E-state index contributed by atoms with van der Waals surface area (Å²) >= 11 is 0. The van der Waals surface area contributed by atoms with Crippen LogP contribution in [0.3, 0.4) is 0 Å². The van der Waals surface area contributed by atoms with Crippen molar-refractivity contribution in [2.75, 3.05) is 0 Å². The maximum absolute atomic E-state index is 9.68. The van der Waals surface area contributed by atoms with Crippen molar-refractivity contribution in [1.29, 1.82) is 0 Å². The summed E-state index contributed by atoms with van der Waals surface area (Å²) in [5.41, 5.74) is -0.0702. The zero-order valence-electron chi connectivity index (χ0n) is 9.12. The van der Waals surface area contributed by atoms with Crippen LogP contribution in [0.15, 0.2) is 29.4 Å². The average molecular weight is 250 g/mol. The lowest BCUT2D eigenvalue weighted by Gasteiger charge is -2.12. The van der Waals surface area contributed by atoms with Gasteiger partial charge < -0.3 is 29.6 Å². The lowest BCUT2D eigenvalue weighted by Crippen LogP contribution is -1.89. The van der Waals surface area contributed by atoms with E-state index in [1.54, 1.807) is 6.07 Å². The molecular formula is C12H10O6. The van der Waals surface area contributed by atoms with Crippen molar-refractivity contribution in [2.24, 2.45) is 0 Å². The molecule has 0 aliphatic rings. The first-order valence-electron chi connectivity index (χ1n) is 4.89. The number of hydrogen-bond acceptors (Lipinski definition) is 6. The molecule has 0 amide bonds. The van der Waals surface area contributed by atoms with Gasteiger partial charge >= 0.3 is 0 Å². The molecule has 0 aliphatic carbocycles. The van der Waals surface area contributed by atoms with Crippen molar-refractivity contribution >= 4 is 6.08 Å². The maximum Gasteiger partial charge on any atom is 0.289 e. The van der Waals surface area contributed by atoms with E-state index in [9.17, 15) is 20.4 Å². The number of hydrogen-bond donors (Lipinski definition) is 4. The smallest absolute Gasteiger partial charge is 0.289 e. The average Bonchev–Trinajstić information content (AvgIpc) is 2.87. The monoisotopic (exact) mass is 250 g/mol. The van der Waals surface area contributed by atoms with E-state index < -0.39 is 23.0 Å². The summed E-state index contributed by atoms with van der Waals surface area (Å²) in [6, 6.07) is 3.02. The molecule has 1 heterocycles. The standard InChI is InChI=1S/C12H10O6/c1-2-6-8(13)9(14)10(15)11(16)12(6)18-7-4-3-5-17-7/h2-5,13-16H,1H2. The molecule has 0 bridgehead atoms. The molecule has 0 atom stereocenters. The van der Waals surface area contributed by atoms with E-state index in [0.29, 0.717) is 0 Å². The van der Waals surface area contributed by atoms with Crippen molar-refractivity contribution in [3.8, 4) is 34.7 Å². The second-order valence-electron chi connectivity index (χ2n) is 3.38. The second-order valence-corrected chi connectivity index (χ2v) is 3.38. The van der Waals surface area contributed by atoms with Crippen LogP contribution in [0.4, 0.5) is 0 Å².